The topological polar surface area (TPSA) is 25.2 Å². The van der Waals surface area contributed by atoms with Crippen molar-refractivity contribution < 1.29 is 13.6 Å². The first-order valence-corrected chi connectivity index (χ1v) is 7.84. The summed E-state index contributed by atoms with van der Waals surface area (Å²) < 4.78 is 28.9. The first-order valence-electron chi connectivity index (χ1n) is 7.84. The molecule has 2 aromatic carbocycles. The fourth-order valence-corrected chi connectivity index (χ4v) is 3.51. The van der Waals surface area contributed by atoms with E-state index in [9.17, 15) is 13.6 Å². The molecule has 0 bridgehead atoms. The largest absolute Gasteiger partial charge is 0.350 e. The lowest BCUT2D eigenvalue weighted by Crippen LogP contribution is -2.31. The molecule has 5 heteroatoms. The highest BCUT2D eigenvalue weighted by Gasteiger charge is 2.23. The Morgan fingerprint density at radius 1 is 1.08 bits per heavy atom. The van der Waals surface area contributed by atoms with Crippen LogP contribution in [-0.2, 0) is 20.0 Å². The molecule has 1 amide bonds. The average molecular weight is 326 g/mol. The molecule has 1 aliphatic rings. The number of carbonyl (C=O) groups is 1. The number of nitrogens with zero attached hydrogens (tertiary/aromatic N) is 2. The van der Waals surface area contributed by atoms with E-state index in [1.54, 1.807) is 4.90 Å². The minimum Gasteiger partial charge on any atom is -0.350 e. The van der Waals surface area contributed by atoms with Gasteiger partial charge in [-0.2, -0.15) is 0 Å². The van der Waals surface area contributed by atoms with E-state index in [4.69, 9.17) is 0 Å². The maximum absolute atomic E-state index is 13.4. The Hall–Kier alpha value is -2.69. The van der Waals surface area contributed by atoms with E-state index in [-0.39, 0.29) is 11.5 Å². The highest BCUT2D eigenvalue weighted by molar-refractivity contribution is 5.95. The molecule has 0 N–H and O–H groups in total. The van der Waals surface area contributed by atoms with Crippen molar-refractivity contribution in [3.8, 4) is 0 Å². The number of aryl methyl sites for hydroxylation is 1. The zero-order valence-corrected chi connectivity index (χ0v) is 13.2. The molecule has 1 aromatic heterocycles. The van der Waals surface area contributed by atoms with E-state index >= 15 is 0 Å². The number of hydrogen-bond donors (Lipinski definition) is 0. The van der Waals surface area contributed by atoms with Crippen LogP contribution in [0.1, 0.15) is 21.5 Å². The van der Waals surface area contributed by atoms with E-state index < -0.39 is 11.6 Å². The Labute approximate surface area is 138 Å². The van der Waals surface area contributed by atoms with Gasteiger partial charge in [0, 0.05) is 48.9 Å². The summed E-state index contributed by atoms with van der Waals surface area (Å²) in [6.07, 6.45) is 2.81. The van der Waals surface area contributed by atoms with Crippen LogP contribution in [0.5, 0.6) is 0 Å². The van der Waals surface area contributed by atoms with Crippen LogP contribution < -0.4 is 0 Å². The van der Waals surface area contributed by atoms with Gasteiger partial charge in [0.1, 0.15) is 11.6 Å². The summed E-state index contributed by atoms with van der Waals surface area (Å²) in [4.78, 5) is 14.4. The van der Waals surface area contributed by atoms with Gasteiger partial charge in [-0.05, 0) is 35.7 Å². The molecule has 122 valence electrons. The predicted octanol–water partition coefficient (Wildman–Crippen LogP) is 3.66. The first-order chi connectivity index (χ1) is 11.5. The molecule has 0 spiro atoms. The van der Waals surface area contributed by atoms with Gasteiger partial charge in [0.2, 0.25) is 0 Å². The second kappa shape index (κ2) is 5.44. The molecule has 4 rings (SSSR count). The summed E-state index contributed by atoms with van der Waals surface area (Å²) in [5, 5.41) is 1.18. The lowest BCUT2D eigenvalue weighted by Gasteiger charge is -2.21. The number of hydrogen-bond acceptors (Lipinski definition) is 1. The van der Waals surface area contributed by atoms with Crippen molar-refractivity contribution in [2.24, 2.45) is 7.05 Å². The molecule has 24 heavy (non-hydrogen) atoms. The molecule has 3 aromatic rings. The molecule has 0 unspecified atom stereocenters. The van der Waals surface area contributed by atoms with Crippen LogP contribution in [0.15, 0.2) is 42.6 Å². The molecule has 3 nitrogen and oxygen atoms in total. The summed E-state index contributed by atoms with van der Waals surface area (Å²) in [5.41, 5.74) is 3.44. The van der Waals surface area contributed by atoms with Gasteiger partial charge < -0.3 is 9.47 Å². The zero-order chi connectivity index (χ0) is 16.8. The molecular formula is C19H16F2N2O. The third kappa shape index (κ3) is 2.37. The Morgan fingerprint density at radius 3 is 2.58 bits per heavy atom. The SMILES string of the molecule is Cn1cc2c3c(cccc31)CN(C(=O)c1cc(F)cc(F)c1)CC2. The van der Waals surface area contributed by atoms with Gasteiger partial charge >= 0.3 is 0 Å². The van der Waals surface area contributed by atoms with Crippen molar-refractivity contribution in [2.45, 2.75) is 13.0 Å². The van der Waals surface area contributed by atoms with Gasteiger partial charge in [0.15, 0.2) is 0 Å². The summed E-state index contributed by atoms with van der Waals surface area (Å²) in [5.74, 6) is -1.82. The normalized spacial score (nSPS) is 14.0. The summed E-state index contributed by atoms with van der Waals surface area (Å²) in [6.45, 7) is 0.954. The number of benzene rings is 2. The summed E-state index contributed by atoms with van der Waals surface area (Å²) in [6, 6.07) is 8.98. The first kappa shape index (κ1) is 14.9. The Kier molecular flexibility index (Phi) is 3.37. The van der Waals surface area contributed by atoms with Crippen LogP contribution in [0.3, 0.4) is 0 Å². The predicted molar refractivity (Wildman–Crippen MR) is 87.7 cm³/mol. The smallest absolute Gasteiger partial charge is 0.254 e. The van der Waals surface area contributed by atoms with E-state index in [0.29, 0.717) is 13.1 Å². The Morgan fingerprint density at radius 2 is 1.83 bits per heavy atom. The number of aromatic nitrogens is 1. The molecule has 2 heterocycles. The highest BCUT2D eigenvalue weighted by Crippen LogP contribution is 2.29. The van der Waals surface area contributed by atoms with Gasteiger partial charge in [0.25, 0.3) is 5.91 Å². The minimum atomic E-state index is -0.737. The van der Waals surface area contributed by atoms with Gasteiger partial charge in [-0.25, -0.2) is 8.78 Å². The lowest BCUT2D eigenvalue weighted by atomic mass is 10.1. The average Bonchev–Trinajstić information content (AvgIpc) is 2.75. The van der Waals surface area contributed by atoms with Crippen molar-refractivity contribution >= 4 is 16.8 Å². The van der Waals surface area contributed by atoms with Gasteiger partial charge in [0.05, 0.1) is 0 Å². The van der Waals surface area contributed by atoms with Crippen molar-refractivity contribution in [2.75, 3.05) is 6.54 Å². The third-order valence-electron chi connectivity index (χ3n) is 4.59. The Bertz CT molecular complexity index is 941. The number of halogens is 2. The number of rotatable bonds is 1. The van der Waals surface area contributed by atoms with Crippen molar-refractivity contribution in [1.82, 2.24) is 9.47 Å². The van der Waals surface area contributed by atoms with Crippen LogP contribution in [0, 0.1) is 11.6 Å². The number of carbonyl (C=O) groups excluding carboxylic acids is 1. The van der Waals surface area contributed by atoms with E-state index in [2.05, 4.69) is 16.8 Å². The fourth-order valence-electron chi connectivity index (χ4n) is 3.51. The monoisotopic (exact) mass is 326 g/mol. The molecule has 0 saturated heterocycles. The molecular weight excluding hydrogens is 310 g/mol. The standard InChI is InChI=1S/C19H16F2N2O/c1-22-10-13-5-6-23(11-12-3-2-4-17(22)18(12)13)19(24)14-7-15(20)9-16(21)8-14/h2-4,7-10H,5-6,11H2,1H3. The summed E-state index contributed by atoms with van der Waals surface area (Å²) >= 11 is 0. The van der Waals surface area contributed by atoms with Crippen LogP contribution in [0.2, 0.25) is 0 Å². The molecule has 1 aliphatic heterocycles. The Balaban J connectivity index is 1.72. The van der Waals surface area contributed by atoms with Crippen LogP contribution in [0.25, 0.3) is 10.9 Å². The maximum atomic E-state index is 13.4. The summed E-state index contributed by atoms with van der Waals surface area (Å²) in [7, 11) is 2.01. The van der Waals surface area contributed by atoms with Crippen molar-refractivity contribution in [1.29, 1.82) is 0 Å². The fraction of sp³-hybridized carbons (Fsp3) is 0.211. The molecule has 0 atom stereocenters. The molecule has 0 fully saturated rings. The van der Waals surface area contributed by atoms with Crippen molar-refractivity contribution in [3.05, 3.63) is 70.9 Å². The van der Waals surface area contributed by atoms with Crippen LogP contribution in [0.4, 0.5) is 8.78 Å². The zero-order valence-electron chi connectivity index (χ0n) is 13.2. The lowest BCUT2D eigenvalue weighted by molar-refractivity contribution is 0.0746. The van der Waals surface area contributed by atoms with Gasteiger partial charge in [-0.15, -0.1) is 0 Å². The second-order valence-electron chi connectivity index (χ2n) is 6.21. The van der Waals surface area contributed by atoms with Crippen LogP contribution >= 0.6 is 0 Å². The minimum absolute atomic E-state index is 0.0480. The molecule has 0 aliphatic carbocycles. The quantitative estimate of drug-likeness (QED) is 0.670. The highest BCUT2D eigenvalue weighted by atomic mass is 19.1. The van der Waals surface area contributed by atoms with Gasteiger partial charge in [-0.1, -0.05) is 12.1 Å². The molecule has 0 saturated carbocycles. The van der Waals surface area contributed by atoms with E-state index in [1.165, 1.54) is 10.9 Å². The van der Waals surface area contributed by atoms with Gasteiger partial charge in [-0.3, -0.25) is 4.79 Å². The maximum Gasteiger partial charge on any atom is 0.254 e. The van der Waals surface area contributed by atoms with E-state index in [1.807, 2.05) is 19.2 Å². The van der Waals surface area contributed by atoms with Crippen LogP contribution in [-0.4, -0.2) is 21.9 Å². The second-order valence-corrected chi connectivity index (χ2v) is 6.21. The van der Waals surface area contributed by atoms with E-state index in [0.717, 1.165) is 35.7 Å². The number of amides is 1. The molecule has 0 radical (unpaired) electrons. The van der Waals surface area contributed by atoms with Crippen molar-refractivity contribution in [3.63, 3.8) is 0 Å². The third-order valence-corrected chi connectivity index (χ3v) is 4.59.